The monoisotopic (exact) mass is 235 g/mol. The van der Waals surface area contributed by atoms with Crippen LogP contribution in [0.3, 0.4) is 0 Å². The Balaban J connectivity index is 2.05. The minimum atomic E-state index is 0.0640. The highest BCUT2D eigenvalue weighted by Gasteiger charge is 2.23. The molecule has 1 saturated heterocycles. The van der Waals surface area contributed by atoms with Gasteiger partial charge in [0.25, 0.3) is 0 Å². The van der Waals surface area contributed by atoms with Crippen LogP contribution in [0.25, 0.3) is 0 Å². The van der Waals surface area contributed by atoms with Crippen molar-refractivity contribution in [1.29, 1.82) is 0 Å². The summed E-state index contributed by atoms with van der Waals surface area (Å²) in [5.41, 5.74) is 7.03. The van der Waals surface area contributed by atoms with Crippen LogP contribution in [0.5, 0.6) is 0 Å². The van der Waals surface area contributed by atoms with Gasteiger partial charge in [-0.25, -0.2) is 4.98 Å². The van der Waals surface area contributed by atoms with E-state index in [9.17, 15) is 0 Å². The zero-order valence-corrected chi connectivity index (χ0v) is 10.6. The highest BCUT2D eigenvalue weighted by atomic mass is 16.5. The lowest BCUT2D eigenvalue weighted by Gasteiger charge is -2.18. The van der Waals surface area contributed by atoms with Gasteiger partial charge in [-0.15, -0.1) is 0 Å². The minimum absolute atomic E-state index is 0.0640. The molecule has 1 aromatic rings. The summed E-state index contributed by atoms with van der Waals surface area (Å²) in [5, 5.41) is 0. The first-order chi connectivity index (χ1) is 8.20. The lowest BCUT2D eigenvalue weighted by Crippen LogP contribution is -2.22. The van der Waals surface area contributed by atoms with Crippen LogP contribution >= 0.6 is 0 Å². The molecule has 2 N–H and O–H groups in total. The first-order valence-electron chi connectivity index (χ1n) is 6.16. The number of hydrogen-bond donors (Lipinski definition) is 1. The fraction of sp³-hybridized carbons (Fsp3) is 0.615. The zero-order valence-electron chi connectivity index (χ0n) is 10.6. The van der Waals surface area contributed by atoms with Crippen LogP contribution in [0.1, 0.15) is 24.9 Å². The van der Waals surface area contributed by atoms with Gasteiger partial charge >= 0.3 is 0 Å². The van der Waals surface area contributed by atoms with Crippen LogP contribution in [0, 0.1) is 5.92 Å². The molecule has 4 heteroatoms. The predicted molar refractivity (Wildman–Crippen MR) is 69.0 cm³/mol. The summed E-state index contributed by atoms with van der Waals surface area (Å²) >= 11 is 0. The van der Waals surface area contributed by atoms with E-state index in [0.29, 0.717) is 5.92 Å². The second kappa shape index (κ2) is 5.47. The van der Waals surface area contributed by atoms with Gasteiger partial charge in [0, 0.05) is 38.4 Å². The predicted octanol–water partition coefficient (Wildman–Crippen LogP) is 1.57. The molecule has 2 atom stereocenters. The Morgan fingerprint density at radius 1 is 1.65 bits per heavy atom. The number of rotatable bonds is 4. The molecule has 0 saturated carbocycles. The molecule has 1 aliphatic heterocycles. The molecule has 1 fully saturated rings. The molecule has 4 nitrogen and oxygen atoms in total. The number of anilines is 1. The summed E-state index contributed by atoms with van der Waals surface area (Å²) in [7, 11) is 1.76. The van der Waals surface area contributed by atoms with Crippen molar-refractivity contribution in [2.75, 3.05) is 31.7 Å². The van der Waals surface area contributed by atoms with Crippen LogP contribution < -0.4 is 10.6 Å². The van der Waals surface area contributed by atoms with Crippen molar-refractivity contribution < 1.29 is 4.74 Å². The Kier molecular flexibility index (Phi) is 3.97. The first-order valence-corrected chi connectivity index (χ1v) is 6.16. The molecule has 17 heavy (non-hydrogen) atoms. The standard InChI is InChI=1S/C13H21N3O/c1-10(14)12-3-5-15-13(7-12)16-6-4-11(8-16)9-17-2/h3,5,7,10-11H,4,6,8-9,14H2,1-2H3/t10-,11?/m1/s1. The van der Waals surface area contributed by atoms with Gasteiger partial charge in [-0.05, 0) is 31.0 Å². The van der Waals surface area contributed by atoms with Gasteiger partial charge in [0.2, 0.25) is 0 Å². The van der Waals surface area contributed by atoms with E-state index in [1.165, 1.54) is 6.42 Å². The van der Waals surface area contributed by atoms with E-state index >= 15 is 0 Å². The van der Waals surface area contributed by atoms with Gasteiger partial charge in [-0.3, -0.25) is 0 Å². The van der Waals surface area contributed by atoms with Crippen LogP contribution in [0.4, 0.5) is 5.82 Å². The molecule has 0 aliphatic carbocycles. The fourth-order valence-corrected chi connectivity index (χ4v) is 2.30. The van der Waals surface area contributed by atoms with Gasteiger partial charge in [0.05, 0.1) is 6.61 Å². The summed E-state index contributed by atoms with van der Waals surface area (Å²) in [6.45, 7) is 4.92. The maximum absolute atomic E-state index is 5.89. The Hall–Kier alpha value is -1.13. The molecule has 1 aliphatic rings. The van der Waals surface area contributed by atoms with E-state index in [4.69, 9.17) is 10.5 Å². The lowest BCUT2D eigenvalue weighted by molar-refractivity contribution is 0.161. The second-order valence-corrected chi connectivity index (χ2v) is 4.79. The third-order valence-electron chi connectivity index (χ3n) is 3.31. The maximum Gasteiger partial charge on any atom is 0.128 e. The first kappa shape index (κ1) is 12.3. The fourth-order valence-electron chi connectivity index (χ4n) is 2.30. The number of nitrogens with zero attached hydrogens (tertiary/aromatic N) is 2. The number of aromatic nitrogens is 1. The highest BCUT2D eigenvalue weighted by Crippen LogP contribution is 2.24. The minimum Gasteiger partial charge on any atom is -0.384 e. The summed E-state index contributed by atoms with van der Waals surface area (Å²) in [6, 6.07) is 4.14. The van der Waals surface area contributed by atoms with Crippen molar-refractivity contribution in [3.05, 3.63) is 23.9 Å². The average molecular weight is 235 g/mol. The summed E-state index contributed by atoms with van der Waals surface area (Å²) in [6.07, 6.45) is 3.02. The van der Waals surface area contributed by atoms with Gasteiger partial charge in [-0.1, -0.05) is 0 Å². The van der Waals surface area contributed by atoms with E-state index in [0.717, 1.165) is 31.1 Å². The molecule has 0 amide bonds. The van der Waals surface area contributed by atoms with Crippen LogP contribution in [0.15, 0.2) is 18.3 Å². The van der Waals surface area contributed by atoms with E-state index < -0.39 is 0 Å². The van der Waals surface area contributed by atoms with Crippen molar-refractivity contribution >= 4 is 5.82 Å². The van der Waals surface area contributed by atoms with Crippen molar-refractivity contribution in [3.8, 4) is 0 Å². The molecule has 0 aromatic carbocycles. The molecular formula is C13H21N3O. The average Bonchev–Trinajstić information content (AvgIpc) is 2.78. The van der Waals surface area contributed by atoms with Crippen molar-refractivity contribution in [3.63, 3.8) is 0 Å². The molecule has 1 unspecified atom stereocenters. The third kappa shape index (κ3) is 2.96. The largest absolute Gasteiger partial charge is 0.384 e. The third-order valence-corrected chi connectivity index (χ3v) is 3.31. The molecule has 0 spiro atoms. The van der Waals surface area contributed by atoms with Crippen LogP contribution in [-0.2, 0) is 4.74 Å². The molecule has 1 aromatic heterocycles. The van der Waals surface area contributed by atoms with Gasteiger partial charge in [-0.2, -0.15) is 0 Å². The van der Waals surface area contributed by atoms with E-state index in [2.05, 4.69) is 16.0 Å². The van der Waals surface area contributed by atoms with Gasteiger partial charge in [0.1, 0.15) is 5.82 Å². The number of ether oxygens (including phenoxy) is 1. The number of methoxy groups -OCH3 is 1. The smallest absolute Gasteiger partial charge is 0.128 e. The topological polar surface area (TPSA) is 51.4 Å². The quantitative estimate of drug-likeness (QED) is 0.860. The maximum atomic E-state index is 5.89. The van der Waals surface area contributed by atoms with Gasteiger partial charge in [0.15, 0.2) is 0 Å². The van der Waals surface area contributed by atoms with Crippen LogP contribution in [-0.4, -0.2) is 31.8 Å². The zero-order chi connectivity index (χ0) is 12.3. The number of nitrogens with two attached hydrogens (primary N) is 1. The SMILES string of the molecule is COCC1CCN(c2cc([C@@H](C)N)ccn2)C1. The van der Waals surface area contributed by atoms with Crippen molar-refractivity contribution in [1.82, 2.24) is 4.98 Å². The van der Waals surface area contributed by atoms with Crippen LogP contribution in [0.2, 0.25) is 0 Å². The second-order valence-electron chi connectivity index (χ2n) is 4.79. The Morgan fingerprint density at radius 2 is 2.47 bits per heavy atom. The molecule has 94 valence electrons. The lowest BCUT2D eigenvalue weighted by atomic mass is 10.1. The van der Waals surface area contributed by atoms with Crippen molar-refractivity contribution in [2.24, 2.45) is 11.7 Å². The van der Waals surface area contributed by atoms with E-state index in [1.807, 2.05) is 19.2 Å². The Morgan fingerprint density at radius 3 is 3.18 bits per heavy atom. The molecule has 0 bridgehead atoms. The van der Waals surface area contributed by atoms with Gasteiger partial charge < -0.3 is 15.4 Å². The van der Waals surface area contributed by atoms with E-state index in [1.54, 1.807) is 7.11 Å². The van der Waals surface area contributed by atoms with Crippen molar-refractivity contribution in [2.45, 2.75) is 19.4 Å². The molecule has 2 rings (SSSR count). The summed E-state index contributed by atoms with van der Waals surface area (Å²) in [5.74, 6) is 1.67. The summed E-state index contributed by atoms with van der Waals surface area (Å²) < 4.78 is 5.20. The molecule has 0 radical (unpaired) electrons. The highest BCUT2D eigenvalue weighted by molar-refractivity contribution is 5.42. The molecule has 2 heterocycles. The Bertz CT molecular complexity index is 367. The molecular weight excluding hydrogens is 214 g/mol. The summed E-state index contributed by atoms with van der Waals surface area (Å²) in [4.78, 5) is 6.74. The number of pyridine rings is 1. The normalized spacial score (nSPS) is 21.8. The Labute approximate surface area is 103 Å². The van der Waals surface area contributed by atoms with E-state index in [-0.39, 0.29) is 6.04 Å². The number of hydrogen-bond acceptors (Lipinski definition) is 4.